The zero-order valence-corrected chi connectivity index (χ0v) is 22.1. The number of amides is 2. The van der Waals surface area contributed by atoms with Crippen LogP contribution >= 0.6 is 0 Å². The number of benzene rings is 3. The maximum Gasteiger partial charge on any atom is 0.269 e. The van der Waals surface area contributed by atoms with Crippen molar-refractivity contribution >= 4 is 29.0 Å². The number of carbonyl (C=O) groups excluding carboxylic acids is 3. The third kappa shape index (κ3) is 4.64. The van der Waals surface area contributed by atoms with Crippen molar-refractivity contribution < 1.29 is 24.2 Å². The Morgan fingerprint density at radius 3 is 1.98 bits per heavy atom. The number of ketones is 1. The van der Waals surface area contributed by atoms with Crippen molar-refractivity contribution in [2.45, 2.75) is 25.0 Å². The van der Waals surface area contributed by atoms with Gasteiger partial charge in [0.15, 0.2) is 5.78 Å². The lowest BCUT2D eigenvalue weighted by atomic mass is 9.85. The summed E-state index contributed by atoms with van der Waals surface area (Å²) in [5.74, 6) is -2.92. The molecule has 0 spiro atoms. The van der Waals surface area contributed by atoms with E-state index < -0.39 is 45.5 Å². The van der Waals surface area contributed by atoms with Crippen LogP contribution in [-0.2, 0) is 22.6 Å². The van der Waals surface area contributed by atoms with Gasteiger partial charge in [-0.1, -0.05) is 48.5 Å². The van der Waals surface area contributed by atoms with Crippen LogP contribution in [0.4, 0.5) is 11.4 Å². The van der Waals surface area contributed by atoms with Gasteiger partial charge in [0.1, 0.15) is 6.04 Å². The van der Waals surface area contributed by atoms with E-state index in [1.807, 2.05) is 42.5 Å². The molecule has 0 bridgehead atoms. The Labute approximate surface area is 239 Å². The van der Waals surface area contributed by atoms with Crippen molar-refractivity contribution in [3.63, 3.8) is 0 Å². The van der Waals surface area contributed by atoms with Crippen molar-refractivity contribution in [1.29, 1.82) is 0 Å². The second kappa shape index (κ2) is 10.5. The van der Waals surface area contributed by atoms with E-state index in [9.17, 15) is 34.6 Å². The van der Waals surface area contributed by atoms with Gasteiger partial charge in [0.05, 0.1) is 34.3 Å². The van der Waals surface area contributed by atoms with Gasteiger partial charge in [0.25, 0.3) is 11.4 Å². The van der Waals surface area contributed by atoms with Crippen LogP contribution < -0.4 is 0 Å². The molecule has 11 nitrogen and oxygen atoms in total. The smallest absolute Gasteiger partial charge is 0.269 e. The number of rotatable bonds is 8. The van der Waals surface area contributed by atoms with E-state index in [1.165, 1.54) is 41.3 Å². The number of nitro benzene ring substituents is 2. The van der Waals surface area contributed by atoms with Crippen LogP contribution in [0.2, 0.25) is 0 Å². The average Bonchev–Trinajstić information content (AvgIpc) is 3.45. The normalized spacial score (nSPS) is 22.5. The molecule has 4 atom stereocenters. The lowest BCUT2D eigenvalue weighted by Crippen LogP contribution is -2.45. The standard InChI is InChI=1S/C31H24N4O7/c36-29(22-8-12-24(13-9-22)35(41)42)28-27-26(30(37)33(31(27)38)18-20-4-2-1-3-5-20)25-17-21(14-15-32(25)28)16-19-6-10-23(11-7-19)34(39)40/h1-15,17,25-28H,16,18H2/t25-,26+,27+,28-/m0/s1. The summed E-state index contributed by atoms with van der Waals surface area (Å²) in [6, 6.07) is 19.0. The summed E-state index contributed by atoms with van der Waals surface area (Å²) in [6.45, 7) is 0.0892. The third-order valence-electron chi connectivity index (χ3n) is 8.08. The highest BCUT2D eigenvalue weighted by Gasteiger charge is 2.63. The highest BCUT2D eigenvalue weighted by Crippen LogP contribution is 2.46. The predicted molar refractivity (Wildman–Crippen MR) is 150 cm³/mol. The summed E-state index contributed by atoms with van der Waals surface area (Å²) in [4.78, 5) is 65.7. The molecule has 3 aromatic rings. The zero-order valence-electron chi connectivity index (χ0n) is 22.1. The molecular weight excluding hydrogens is 540 g/mol. The number of nitrogens with zero attached hydrogens (tertiary/aromatic N) is 4. The SMILES string of the molecule is O=C(c1ccc([N+](=O)[O-])cc1)[C@@H]1[C@@H]2C(=O)N(Cc3ccccc3)C(=O)[C@@H]2[C@@H]2C=C(Cc3ccc([N+](=O)[O-])cc3)C=CN12. The lowest BCUT2D eigenvalue weighted by molar-refractivity contribution is -0.385. The van der Waals surface area contributed by atoms with Gasteiger partial charge in [-0.2, -0.15) is 0 Å². The maximum atomic E-state index is 13.9. The Kier molecular flexibility index (Phi) is 6.69. The van der Waals surface area contributed by atoms with Crippen LogP contribution in [0.1, 0.15) is 21.5 Å². The van der Waals surface area contributed by atoms with Gasteiger partial charge in [0.2, 0.25) is 11.8 Å². The number of nitro groups is 2. The first-order valence-electron chi connectivity index (χ1n) is 13.3. The minimum absolute atomic E-state index is 0.0158. The Morgan fingerprint density at radius 1 is 0.762 bits per heavy atom. The number of likely N-dealkylation sites (tertiary alicyclic amines) is 1. The van der Waals surface area contributed by atoms with Gasteiger partial charge in [-0.3, -0.25) is 39.5 Å². The first-order chi connectivity index (χ1) is 20.2. The quantitative estimate of drug-likeness (QED) is 0.171. The number of carbonyl (C=O) groups is 3. The van der Waals surface area contributed by atoms with Crippen LogP contribution in [-0.4, -0.2) is 49.3 Å². The number of imide groups is 1. The zero-order chi connectivity index (χ0) is 29.5. The third-order valence-corrected chi connectivity index (χ3v) is 8.08. The monoisotopic (exact) mass is 564 g/mol. The predicted octanol–water partition coefficient (Wildman–Crippen LogP) is 4.24. The number of non-ortho nitro benzene ring substituents is 2. The van der Waals surface area contributed by atoms with E-state index in [0.717, 1.165) is 16.7 Å². The first kappa shape index (κ1) is 26.8. The van der Waals surface area contributed by atoms with Crippen molar-refractivity contribution in [2.75, 3.05) is 0 Å². The maximum absolute atomic E-state index is 13.9. The second-order valence-corrected chi connectivity index (χ2v) is 10.5. The molecule has 11 heteroatoms. The summed E-state index contributed by atoms with van der Waals surface area (Å²) in [5.41, 5.74) is 2.49. The van der Waals surface area contributed by atoms with Crippen LogP contribution in [0.5, 0.6) is 0 Å². The van der Waals surface area contributed by atoms with E-state index in [0.29, 0.717) is 6.42 Å². The minimum Gasteiger partial charge on any atom is -0.359 e. The van der Waals surface area contributed by atoms with Crippen molar-refractivity contribution in [1.82, 2.24) is 9.80 Å². The molecule has 0 aliphatic carbocycles. The molecule has 3 aliphatic heterocycles. The van der Waals surface area contributed by atoms with Gasteiger partial charge in [-0.15, -0.1) is 0 Å². The number of hydrogen-bond acceptors (Lipinski definition) is 8. The molecule has 42 heavy (non-hydrogen) atoms. The van der Waals surface area contributed by atoms with Gasteiger partial charge in [0, 0.05) is 36.0 Å². The first-order valence-corrected chi connectivity index (χ1v) is 13.3. The average molecular weight is 565 g/mol. The van der Waals surface area contributed by atoms with Crippen LogP contribution in [0.25, 0.3) is 0 Å². The fourth-order valence-electron chi connectivity index (χ4n) is 6.09. The van der Waals surface area contributed by atoms with Gasteiger partial charge >= 0.3 is 0 Å². The summed E-state index contributed by atoms with van der Waals surface area (Å²) in [5, 5.41) is 22.2. The summed E-state index contributed by atoms with van der Waals surface area (Å²) < 4.78 is 0. The molecule has 2 saturated heterocycles. The van der Waals surface area contributed by atoms with Crippen LogP contribution in [0, 0.1) is 32.1 Å². The molecule has 0 unspecified atom stereocenters. The van der Waals surface area contributed by atoms with E-state index in [4.69, 9.17) is 0 Å². The Balaban J connectivity index is 1.34. The lowest BCUT2D eigenvalue weighted by Gasteiger charge is -2.33. The van der Waals surface area contributed by atoms with E-state index >= 15 is 0 Å². The largest absolute Gasteiger partial charge is 0.359 e. The molecular formula is C31H24N4O7. The Morgan fingerprint density at radius 2 is 1.36 bits per heavy atom. The molecule has 0 radical (unpaired) electrons. The summed E-state index contributed by atoms with van der Waals surface area (Å²) in [7, 11) is 0. The fraction of sp³-hybridized carbons (Fsp3) is 0.194. The number of fused-ring (bicyclic) bond motifs is 3. The molecule has 0 saturated carbocycles. The van der Waals surface area contributed by atoms with Gasteiger partial charge in [-0.05, 0) is 41.3 Å². The molecule has 3 aromatic carbocycles. The summed E-state index contributed by atoms with van der Waals surface area (Å²) >= 11 is 0. The highest BCUT2D eigenvalue weighted by molar-refractivity contribution is 6.12. The minimum atomic E-state index is -0.980. The Hall–Kier alpha value is -5.45. The molecule has 0 aromatic heterocycles. The number of Topliss-reactive ketones (excluding diaryl/α,β-unsaturated/α-hetero) is 1. The van der Waals surface area contributed by atoms with Crippen molar-refractivity contribution in [3.05, 3.63) is 140 Å². The molecule has 210 valence electrons. The van der Waals surface area contributed by atoms with Crippen LogP contribution in [0.3, 0.4) is 0 Å². The molecule has 3 aliphatic rings. The van der Waals surface area contributed by atoms with Gasteiger partial charge in [-0.25, -0.2) is 0 Å². The van der Waals surface area contributed by atoms with E-state index in [2.05, 4.69) is 0 Å². The number of hydrogen-bond donors (Lipinski definition) is 0. The van der Waals surface area contributed by atoms with Gasteiger partial charge < -0.3 is 4.90 Å². The van der Waals surface area contributed by atoms with Crippen molar-refractivity contribution in [3.8, 4) is 0 Å². The fourth-order valence-corrected chi connectivity index (χ4v) is 6.09. The van der Waals surface area contributed by atoms with Crippen LogP contribution in [0.15, 0.2) is 103 Å². The molecule has 3 heterocycles. The summed E-state index contributed by atoms with van der Waals surface area (Å²) in [6.07, 6.45) is 5.86. The molecule has 2 amide bonds. The highest BCUT2D eigenvalue weighted by atomic mass is 16.6. The van der Waals surface area contributed by atoms with E-state index in [1.54, 1.807) is 23.2 Å². The van der Waals surface area contributed by atoms with E-state index in [-0.39, 0.29) is 29.4 Å². The number of allylic oxidation sites excluding steroid dienone is 2. The second-order valence-electron chi connectivity index (χ2n) is 10.5. The molecule has 2 fully saturated rings. The Bertz CT molecular complexity index is 1670. The molecule has 6 rings (SSSR count). The molecule has 0 N–H and O–H groups in total. The van der Waals surface area contributed by atoms with Crippen molar-refractivity contribution in [2.24, 2.45) is 11.8 Å². The topological polar surface area (TPSA) is 144 Å².